The normalized spacial score (nSPS) is 16.0. The molecule has 1 saturated heterocycles. The molecule has 3 rings (SSSR count). The van der Waals surface area contributed by atoms with Gasteiger partial charge >= 0.3 is 0 Å². The molecule has 1 aromatic heterocycles. The number of carbonyl (C=O) groups excluding carboxylic acids is 1. The quantitative estimate of drug-likeness (QED) is 0.870. The van der Waals surface area contributed by atoms with Crippen LogP contribution in [-0.4, -0.2) is 36.5 Å². The number of carbonyl (C=O) groups is 1. The summed E-state index contributed by atoms with van der Waals surface area (Å²) < 4.78 is 6.90. The largest absolute Gasteiger partial charge is 0.451 e. The van der Waals surface area contributed by atoms with Gasteiger partial charge in [0.2, 0.25) is 0 Å². The lowest BCUT2D eigenvalue weighted by atomic mass is 10.0. The predicted molar refractivity (Wildman–Crippen MR) is 95.9 cm³/mol. The van der Waals surface area contributed by atoms with E-state index in [1.165, 1.54) is 0 Å². The summed E-state index contributed by atoms with van der Waals surface area (Å²) in [6.45, 7) is 6.82. The number of nitrogens with one attached hydrogen (secondary N) is 1. The number of fused-ring (bicyclic) bond motifs is 1. The summed E-state index contributed by atoms with van der Waals surface area (Å²) in [6, 6.07) is 6.18. The first-order valence-corrected chi connectivity index (χ1v) is 9.11. The van der Waals surface area contributed by atoms with E-state index in [1.807, 2.05) is 30.0 Å². The van der Waals surface area contributed by atoms with Crippen molar-refractivity contribution in [3.8, 4) is 0 Å². The third kappa shape index (κ3) is 3.31. The maximum absolute atomic E-state index is 13.1. The molecule has 0 radical (unpaired) electrons. The number of aryl methyl sites for hydroxylation is 1. The van der Waals surface area contributed by atoms with Crippen molar-refractivity contribution in [2.45, 2.75) is 39.2 Å². The third-order valence-corrected chi connectivity index (χ3v) is 5.06. The van der Waals surface area contributed by atoms with Gasteiger partial charge in [0.05, 0.1) is 0 Å². The maximum Gasteiger partial charge on any atom is 0.290 e. The van der Waals surface area contributed by atoms with E-state index in [0.717, 1.165) is 59.9 Å². The molecule has 2 heterocycles. The lowest BCUT2D eigenvalue weighted by Gasteiger charge is -2.34. The van der Waals surface area contributed by atoms with Crippen molar-refractivity contribution in [2.75, 3.05) is 19.6 Å². The van der Waals surface area contributed by atoms with Crippen molar-refractivity contribution >= 4 is 32.8 Å². The summed E-state index contributed by atoms with van der Waals surface area (Å²) in [5.41, 5.74) is 1.71. The van der Waals surface area contributed by atoms with Gasteiger partial charge in [-0.3, -0.25) is 4.79 Å². The van der Waals surface area contributed by atoms with Crippen molar-refractivity contribution in [1.29, 1.82) is 0 Å². The monoisotopic (exact) mass is 378 g/mol. The number of piperidine rings is 1. The van der Waals surface area contributed by atoms with E-state index in [9.17, 15) is 4.79 Å². The zero-order chi connectivity index (χ0) is 16.4. The molecule has 1 aliphatic rings. The van der Waals surface area contributed by atoms with Crippen LogP contribution >= 0.6 is 15.9 Å². The zero-order valence-electron chi connectivity index (χ0n) is 13.7. The predicted octanol–water partition coefficient (Wildman–Crippen LogP) is 4.11. The first-order chi connectivity index (χ1) is 11.1. The number of hydrogen-bond donors (Lipinski definition) is 1. The Morgan fingerprint density at radius 1 is 1.39 bits per heavy atom. The highest BCUT2D eigenvalue weighted by Gasteiger charge is 2.29. The molecule has 1 aliphatic heterocycles. The van der Waals surface area contributed by atoms with E-state index >= 15 is 0 Å². The molecule has 0 spiro atoms. The van der Waals surface area contributed by atoms with E-state index in [2.05, 4.69) is 28.2 Å². The van der Waals surface area contributed by atoms with Crippen molar-refractivity contribution in [2.24, 2.45) is 0 Å². The molecule has 0 bridgehead atoms. The second-order valence-electron chi connectivity index (χ2n) is 6.18. The lowest BCUT2D eigenvalue weighted by Crippen LogP contribution is -2.46. The maximum atomic E-state index is 13.1. The van der Waals surface area contributed by atoms with Crippen LogP contribution in [0.1, 0.15) is 42.3 Å². The molecule has 124 valence electrons. The number of nitrogens with zero attached hydrogens (tertiary/aromatic N) is 1. The van der Waals surface area contributed by atoms with E-state index in [0.29, 0.717) is 11.8 Å². The van der Waals surface area contributed by atoms with E-state index in [-0.39, 0.29) is 5.91 Å². The molecule has 1 aromatic carbocycles. The van der Waals surface area contributed by atoms with Gasteiger partial charge in [0, 0.05) is 28.0 Å². The van der Waals surface area contributed by atoms with Crippen LogP contribution in [0.25, 0.3) is 11.0 Å². The molecule has 1 fully saturated rings. The second kappa shape index (κ2) is 7.05. The molecule has 1 N–H and O–H groups in total. The molecule has 0 saturated carbocycles. The van der Waals surface area contributed by atoms with Gasteiger partial charge in [-0.15, -0.1) is 0 Å². The van der Waals surface area contributed by atoms with Crippen LogP contribution in [0.3, 0.4) is 0 Å². The molecule has 5 heteroatoms. The van der Waals surface area contributed by atoms with E-state index in [4.69, 9.17) is 4.42 Å². The van der Waals surface area contributed by atoms with Gasteiger partial charge in [-0.1, -0.05) is 22.9 Å². The summed E-state index contributed by atoms with van der Waals surface area (Å²) in [7, 11) is 0. The van der Waals surface area contributed by atoms with Crippen molar-refractivity contribution < 1.29 is 9.21 Å². The minimum absolute atomic E-state index is 0.0311. The first-order valence-electron chi connectivity index (χ1n) is 8.32. The fraction of sp³-hybridized carbons (Fsp3) is 0.500. The lowest BCUT2D eigenvalue weighted by molar-refractivity contribution is 0.0611. The van der Waals surface area contributed by atoms with Gasteiger partial charge in [-0.05, 0) is 57.5 Å². The third-order valence-electron chi connectivity index (χ3n) is 4.57. The Morgan fingerprint density at radius 3 is 2.83 bits per heavy atom. The SMILES string of the molecule is CCCN(C(=O)c1oc2ccc(Br)cc2c1C)C1CCNCC1. The van der Waals surface area contributed by atoms with Gasteiger partial charge in [0.15, 0.2) is 5.76 Å². The van der Waals surface area contributed by atoms with Crippen LogP contribution in [0, 0.1) is 6.92 Å². The Labute approximate surface area is 145 Å². The van der Waals surface area contributed by atoms with Gasteiger partial charge in [-0.25, -0.2) is 0 Å². The molecule has 23 heavy (non-hydrogen) atoms. The highest BCUT2D eigenvalue weighted by atomic mass is 79.9. The van der Waals surface area contributed by atoms with Crippen molar-refractivity contribution in [3.63, 3.8) is 0 Å². The fourth-order valence-corrected chi connectivity index (χ4v) is 3.70. The molecular formula is C18H23BrN2O2. The highest BCUT2D eigenvalue weighted by molar-refractivity contribution is 9.10. The standard InChI is InChI=1S/C18H23BrN2O2/c1-3-10-21(14-6-8-20-9-7-14)18(22)17-12(2)15-11-13(19)4-5-16(15)23-17/h4-5,11,14,20H,3,6-10H2,1-2H3. The Morgan fingerprint density at radius 2 is 2.13 bits per heavy atom. The Kier molecular flexibility index (Phi) is 5.07. The van der Waals surface area contributed by atoms with Gasteiger partial charge in [0.1, 0.15) is 5.58 Å². The van der Waals surface area contributed by atoms with Crippen LogP contribution in [0.2, 0.25) is 0 Å². The number of amides is 1. The average Bonchev–Trinajstić information content (AvgIpc) is 2.89. The molecule has 0 unspecified atom stereocenters. The summed E-state index contributed by atoms with van der Waals surface area (Å²) in [6.07, 6.45) is 2.98. The Bertz CT molecular complexity index is 704. The number of rotatable bonds is 4. The number of halogens is 1. The highest BCUT2D eigenvalue weighted by Crippen LogP contribution is 2.29. The number of hydrogen-bond acceptors (Lipinski definition) is 3. The minimum Gasteiger partial charge on any atom is -0.451 e. The summed E-state index contributed by atoms with van der Waals surface area (Å²) in [4.78, 5) is 15.1. The molecular weight excluding hydrogens is 356 g/mol. The topological polar surface area (TPSA) is 45.5 Å². The van der Waals surface area contributed by atoms with Gasteiger partial charge < -0.3 is 14.6 Å². The van der Waals surface area contributed by atoms with E-state index in [1.54, 1.807) is 0 Å². The number of benzene rings is 1. The fourth-order valence-electron chi connectivity index (χ4n) is 3.34. The summed E-state index contributed by atoms with van der Waals surface area (Å²) in [5.74, 6) is 0.522. The second-order valence-corrected chi connectivity index (χ2v) is 7.09. The molecule has 4 nitrogen and oxygen atoms in total. The Balaban J connectivity index is 1.94. The van der Waals surface area contributed by atoms with Gasteiger partial charge in [-0.2, -0.15) is 0 Å². The minimum atomic E-state index is 0.0311. The van der Waals surface area contributed by atoms with Crippen molar-refractivity contribution in [1.82, 2.24) is 10.2 Å². The van der Waals surface area contributed by atoms with E-state index < -0.39 is 0 Å². The zero-order valence-corrected chi connectivity index (χ0v) is 15.3. The molecule has 0 aliphatic carbocycles. The van der Waals surface area contributed by atoms with Crippen LogP contribution < -0.4 is 5.32 Å². The molecule has 2 aromatic rings. The van der Waals surface area contributed by atoms with Gasteiger partial charge in [0.25, 0.3) is 5.91 Å². The van der Waals surface area contributed by atoms with Crippen LogP contribution in [-0.2, 0) is 0 Å². The average molecular weight is 379 g/mol. The smallest absolute Gasteiger partial charge is 0.290 e. The van der Waals surface area contributed by atoms with Crippen molar-refractivity contribution in [3.05, 3.63) is 34.0 Å². The Hall–Kier alpha value is -1.33. The summed E-state index contributed by atoms with van der Waals surface area (Å²) >= 11 is 3.49. The van der Waals surface area contributed by atoms with Crippen LogP contribution in [0.5, 0.6) is 0 Å². The molecule has 1 amide bonds. The van der Waals surface area contributed by atoms with Crippen LogP contribution in [0.15, 0.2) is 27.1 Å². The molecule has 0 atom stereocenters. The summed E-state index contributed by atoms with van der Waals surface area (Å²) in [5, 5.41) is 4.37. The first kappa shape index (κ1) is 16.5. The van der Waals surface area contributed by atoms with Crippen LogP contribution in [0.4, 0.5) is 0 Å². The number of furan rings is 1.